The molecule has 1 aliphatic carbocycles. The molecule has 1 aliphatic rings. The standard InChI is InChI=1S/C15H20N2O3/c1-19-13-8-11-12(9-14(13)20-2)17(6-7-18)15(16-11)10-4-3-5-10/h8-10,18H,3-7H2,1-2H3. The van der Waals surface area contributed by atoms with Crippen molar-refractivity contribution in [3.05, 3.63) is 18.0 Å². The van der Waals surface area contributed by atoms with Crippen LogP contribution in [-0.4, -0.2) is 35.5 Å². The van der Waals surface area contributed by atoms with Crippen molar-refractivity contribution in [1.29, 1.82) is 0 Å². The third-order valence-corrected chi connectivity index (χ3v) is 4.08. The number of nitrogens with zero attached hydrogens (tertiary/aromatic N) is 2. The van der Waals surface area contributed by atoms with Crippen LogP contribution in [0.4, 0.5) is 0 Å². The van der Waals surface area contributed by atoms with E-state index in [0.29, 0.717) is 24.0 Å². The van der Waals surface area contributed by atoms with Gasteiger partial charge in [0, 0.05) is 24.6 Å². The first-order valence-corrected chi connectivity index (χ1v) is 7.01. The van der Waals surface area contributed by atoms with Gasteiger partial charge in [0.2, 0.25) is 0 Å². The Morgan fingerprint density at radius 3 is 2.50 bits per heavy atom. The maximum Gasteiger partial charge on any atom is 0.163 e. The predicted octanol–water partition coefficient (Wildman–Crippen LogP) is 2.31. The fourth-order valence-electron chi connectivity index (χ4n) is 2.78. The van der Waals surface area contributed by atoms with Crippen molar-refractivity contribution in [1.82, 2.24) is 9.55 Å². The van der Waals surface area contributed by atoms with E-state index in [1.165, 1.54) is 19.3 Å². The van der Waals surface area contributed by atoms with Crippen LogP contribution in [0, 0.1) is 0 Å². The minimum atomic E-state index is 0.111. The molecule has 0 aliphatic heterocycles. The Kier molecular flexibility index (Phi) is 3.53. The first-order chi connectivity index (χ1) is 9.78. The van der Waals surface area contributed by atoms with Crippen LogP contribution in [0.25, 0.3) is 11.0 Å². The molecular formula is C15H20N2O3. The summed E-state index contributed by atoms with van der Waals surface area (Å²) in [6, 6.07) is 3.85. The highest BCUT2D eigenvalue weighted by Gasteiger charge is 2.26. The van der Waals surface area contributed by atoms with Crippen molar-refractivity contribution in [3.63, 3.8) is 0 Å². The van der Waals surface area contributed by atoms with Gasteiger partial charge < -0.3 is 19.1 Å². The summed E-state index contributed by atoms with van der Waals surface area (Å²) in [7, 11) is 3.25. The number of imidazole rings is 1. The molecule has 1 fully saturated rings. The second kappa shape index (κ2) is 5.32. The summed E-state index contributed by atoms with van der Waals surface area (Å²) in [6.07, 6.45) is 3.63. The monoisotopic (exact) mass is 276 g/mol. The van der Waals surface area contributed by atoms with E-state index in [1.54, 1.807) is 14.2 Å². The molecule has 0 unspecified atom stereocenters. The van der Waals surface area contributed by atoms with Crippen LogP contribution in [0.3, 0.4) is 0 Å². The summed E-state index contributed by atoms with van der Waals surface area (Å²) in [6.45, 7) is 0.678. The number of hydrogen-bond acceptors (Lipinski definition) is 4. The summed E-state index contributed by atoms with van der Waals surface area (Å²) in [5.74, 6) is 2.98. The Bertz CT molecular complexity index is 617. The number of aromatic nitrogens is 2. The van der Waals surface area contributed by atoms with Gasteiger partial charge in [-0.1, -0.05) is 6.42 Å². The molecule has 1 N–H and O–H groups in total. The molecule has 0 bridgehead atoms. The second-order valence-corrected chi connectivity index (χ2v) is 5.17. The summed E-state index contributed by atoms with van der Waals surface area (Å²) in [5, 5.41) is 9.32. The minimum absolute atomic E-state index is 0.111. The number of aliphatic hydroxyl groups excluding tert-OH is 1. The quantitative estimate of drug-likeness (QED) is 0.910. The molecule has 1 saturated carbocycles. The largest absolute Gasteiger partial charge is 0.493 e. The molecule has 3 rings (SSSR count). The van der Waals surface area contributed by atoms with Crippen LogP contribution in [0.1, 0.15) is 31.0 Å². The molecular weight excluding hydrogens is 256 g/mol. The van der Waals surface area contributed by atoms with Crippen molar-refractivity contribution >= 4 is 11.0 Å². The summed E-state index contributed by atoms with van der Waals surface area (Å²) in [5.41, 5.74) is 1.90. The number of methoxy groups -OCH3 is 2. The Labute approximate surface area is 118 Å². The molecule has 0 spiro atoms. The van der Waals surface area contributed by atoms with Gasteiger partial charge in [0.25, 0.3) is 0 Å². The fourth-order valence-corrected chi connectivity index (χ4v) is 2.78. The van der Waals surface area contributed by atoms with Crippen molar-refractivity contribution < 1.29 is 14.6 Å². The van der Waals surface area contributed by atoms with Gasteiger partial charge in [0.05, 0.1) is 31.9 Å². The van der Waals surface area contributed by atoms with Gasteiger partial charge in [-0.2, -0.15) is 0 Å². The smallest absolute Gasteiger partial charge is 0.163 e. The molecule has 0 radical (unpaired) electrons. The van der Waals surface area contributed by atoms with Gasteiger partial charge in [-0.05, 0) is 12.8 Å². The van der Waals surface area contributed by atoms with Gasteiger partial charge in [-0.25, -0.2) is 4.98 Å². The van der Waals surface area contributed by atoms with Crippen LogP contribution >= 0.6 is 0 Å². The van der Waals surface area contributed by atoms with Gasteiger partial charge in [-0.15, -0.1) is 0 Å². The third-order valence-electron chi connectivity index (χ3n) is 4.08. The SMILES string of the molecule is COc1cc2nc(C3CCC3)n(CCO)c2cc1OC. The molecule has 5 nitrogen and oxygen atoms in total. The lowest BCUT2D eigenvalue weighted by molar-refractivity contribution is 0.271. The number of rotatable bonds is 5. The maximum atomic E-state index is 9.32. The van der Waals surface area contributed by atoms with E-state index in [2.05, 4.69) is 4.57 Å². The first kappa shape index (κ1) is 13.2. The van der Waals surface area contributed by atoms with Gasteiger partial charge in [0.1, 0.15) is 5.82 Å². The van der Waals surface area contributed by atoms with E-state index in [1.807, 2.05) is 12.1 Å². The lowest BCUT2D eigenvalue weighted by Gasteiger charge is -2.25. The van der Waals surface area contributed by atoms with E-state index in [0.717, 1.165) is 16.9 Å². The van der Waals surface area contributed by atoms with Gasteiger partial charge in [0.15, 0.2) is 11.5 Å². The normalized spacial score (nSPS) is 15.3. The summed E-state index contributed by atoms with van der Waals surface area (Å²) >= 11 is 0. The molecule has 0 amide bonds. The Hall–Kier alpha value is -1.75. The molecule has 2 aromatic rings. The first-order valence-electron chi connectivity index (χ1n) is 7.01. The van der Waals surface area contributed by atoms with E-state index in [9.17, 15) is 5.11 Å². The summed E-state index contributed by atoms with van der Waals surface area (Å²) < 4.78 is 12.8. The highest BCUT2D eigenvalue weighted by Crippen LogP contribution is 2.39. The lowest BCUT2D eigenvalue weighted by atomic mass is 9.85. The Balaban J connectivity index is 2.16. The van der Waals surface area contributed by atoms with Gasteiger partial charge >= 0.3 is 0 Å². The number of benzene rings is 1. The van der Waals surface area contributed by atoms with E-state index in [-0.39, 0.29) is 6.61 Å². The molecule has 0 saturated heterocycles. The highest BCUT2D eigenvalue weighted by molar-refractivity contribution is 5.81. The summed E-state index contributed by atoms with van der Waals surface area (Å²) in [4.78, 5) is 4.75. The van der Waals surface area contributed by atoms with E-state index < -0.39 is 0 Å². The molecule has 0 atom stereocenters. The zero-order chi connectivity index (χ0) is 14.1. The number of fused-ring (bicyclic) bond motifs is 1. The van der Waals surface area contributed by atoms with Crippen LogP contribution in [0.15, 0.2) is 12.1 Å². The minimum Gasteiger partial charge on any atom is -0.493 e. The Morgan fingerprint density at radius 1 is 1.25 bits per heavy atom. The number of aliphatic hydroxyl groups is 1. The molecule has 5 heteroatoms. The lowest BCUT2D eigenvalue weighted by Crippen LogP contribution is -2.16. The zero-order valence-corrected chi connectivity index (χ0v) is 11.9. The molecule has 108 valence electrons. The van der Waals surface area contributed by atoms with Crippen molar-refractivity contribution in [2.75, 3.05) is 20.8 Å². The van der Waals surface area contributed by atoms with Crippen molar-refractivity contribution in [3.8, 4) is 11.5 Å². The van der Waals surface area contributed by atoms with Crippen LogP contribution in [0.5, 0.6) is 11.5 Å². The van der Waals surface area contributed by atoms with E-state index in [4.69, 9.17) is 14.5 Å². The van der Waals surface area contributed by atoms with Crippen LogP contribution in [-0.2, 0) is 6.54 Å². The molecule has 20 heavy (non-hydrogen) atoms. The predicted molar refractivity (Wildman–Crippen MR) is 76.5 cm³/mol. The molecule has 1 aromatic carbocycles. The fraction of sp³-hybridized carbons (Fsp3) is 0.533. The average molecular weight is 276 g/mol. The third kappa shape index (κ3) is 2.02. The number of hydrogen-bond donors (Lipinski definition) is 1. The second-order valence-electron chi connectivity index (χ2n) is 5.17. The maximum absolute atomic E-state index is 9.32. The van der Waals surface area contributed by atoms with Crippen LogP contribution in [0.2, 0.25) is 0 Å². The highest BCUT2D eigenvalue weighted by atomic mass is 16.5. The van der Waals surface area contributed by atoms with Crippen molar-refractivity contribution in [2.45, 2.75) is 31.7 Å². The molecule has 1 aromatic heterocycles. The van der Waals surface area contributed by atoms with Crippen LogP contribution < -0.4 is 9.47 Å². The van der Waals surface area contributed by atoms with E-state index >= 15 is 0 Å². The Morgan fingerprint density at radius 2 is 1.95 bits per heavy atom. The molecule has 1 heterocycles. The number of ether oxygens (including phenoxy) is 2. The van der Waals surface area contributed by atoms with Crippen molar-refractivity contribution in [2.24, 2.45) is 0 Å². The zero-order valence-electron chi connectivity index (χ0n) is 11.9. The van der Waals surface area contributed by atoms with Gasteiger partial charge in [-0.3, -0.25) is 0 Å². The average Bonchev–Trinajstić information content (AvgIpc) is 2.73. The topological polar surface area (TPSA) is 56.5 Å².